The van der Waals surface area contributed by atoms with Gasteiger partial charge < -0.3 is 19.9 Å². The van der Waals surface area contributed by atoms with Crippen LogP contribution in [0.4, 0.5) is 15.3 Å². The van der Waals surface area contributed by atoms with Crippen LogP contribution in [0.15, 0.2) is 29.2 Å². The lowest BCUT2D eigenvalue weighted by molar-refractivity contribution is -0.131. The van der Waals surface area contributed by atoms with Gasteiger partial charge in [-0.3, -0.25) is 19.7 Å². The molecule has 0 atom stereocenters. The predicted molar refractivity (Wildman–Crippen MR) is 137 cm³/mol. The summed E-state index contributed by atoms with van der Waals surface area (Å²) >= 11 is 0.907. The van der Waals surface area contributed by atoms with E-state index < -0.39 is 11.7 Å². The van der Waals surface area contributed by atoms with Gasteiger partial charge in [-0.2, -0.15) is 0 Å². The van der Waals surface area contributed by atoms with E-state index >= 15 is 0 Å². The van der Waals surface area contributed by atoms with E-state index in [1.54, 1.807) is 6.08 Å². The molecule has 2 N–H and O–H groups in total. The molecule has 10 heteroatoms. The lowest BCUT2D eigenvalue weighted by Crippen LogP contribution is -2.35. The van der Waals surface area contributed by atoms with Crippen molar-refractivity contribution in [1.29, 1.82) is 0 Å². The highest BCUT2D eigenvalue weighted by atomic mass is 32.2. The molecule has 2 saturated heterocycles. The van der Waals surface area contributed by atoms with E-state index in [2.05, 4.69) is 15.5 Å². The molecule has 0 bridgehead atoms. The summed E-state index contributed by atoms with van der Waals surface area (Å²) in [6, 6.07) is 7.78. The number of amides is 4. The fraction of sp³-hybridized carbons (Fsp3) is 0.520. The second-order valence-corrected chi connectivity index (χ2v) is 10.5. The molecule has 190 valence electrons. The number of benzene rings is 1. The number of carbonyl (C=O) groups excluding carboxylic acids is 4. The number of hydrogen-bond acceptors (Lipinski definition) is 7. The number of para-hydroxylation sites is 1. The Morgan fingerprint density at radius 2 is 1.89 bits per heavy atom. The van der Waals surface area contributed by atoms with Gasteiger partial charge in [0.15, 0.2) is 0 Å². The van der Waals surface area contributed by atoms with Crippen molar-refractivity contribution in [1.82, 2.24) is 15.5 Å². The molecule has 0 saturated carbocycles. The zero-order valence-corrected chi connectivity index (χ0v) is 21.4. The monoisotopic (exact) mass is 502 g/mol. The fourth-order valence-corrected chi connectivity index (χ4v) is 4.60. The number of hydrogen-bond donors (Lipinski definition) is 2. The molecule has 3 rings (SSSR count). The van der Waals surface area contributed by atoms with Crippen LogP contribution in [-0.4, -0.2) is 66.4 Å². The molecule has 1 aromatic rings. The van der Waals surface area contributed by atoms with Crippen molar-refractivity contribution in [2.24, 2.45) is 0 Å². The van der Waals surface area contributed by atoms with Crippen LogP contribution in [0.25, 0.3) is 6.08 Å². The molecule has 9 nitrogen and oxygen atoms in total. The number of nitrogens with one attached hydrogen (secondary N) is 2. The third-order valence-electron chi connectivity index (χ3n) is 5.54. The highest BCUT2D eigenvalue weighted by Gasteiger charge is 2.26. The first kappa shape index (κ1) is 26.6. The van der Waals surface area contributed by atoms with E-state index in [4.69, 9.17) is 4.74 Å². The Morgan fingerprint density at radius 3 is 2.60 bits per heavy atom. The molecule has 2 aliphatic heterocycles. The smallest absolute Gasteiger partial charge is 0.407 e. The summed E-state index contributed by atoms with van der Waals surface area (Å²) in [4.78, 5) is 52.4. The summed E-state index contributed by atoms with van der Waals surface area (Å²) in [6.07, 6.45) is 4.00. The van der Waals surface area contributed by atoms with Crippen LogP contribution in [0.3, 0.4) is 0 Å². The summed E-state index contributed by atoms with van der Waals surface area (Å²) in [7, 11) is 0. The van der Waals surface area contributed by atoms with Crippen LogP contribution in [0.2, 0.25) is 0 Å². The van der Waals surface area contributed by atoms with Gasteiger partial charge in [-0.25, -0.2) is 4.79 Å². The van der Waals surface area contributed by atoms with Crippen LogP contribution in [-0.2, 0) is 14.3 Å². The van der Waals surface area contributed by atoms with Crippen molar-refractivity contribution < 1.29 is 23.9 Å². The minimum atomic E-state index is -0.527. The minimum Gasteiger partial charge on any atom is -0.444 e. The van der Waals surface area contributed by atoms with E-state index in [1.165, 1.54) is 0 Å². The van der Waals surface area contributed by atoms with Gasteiger partial charge in [0.05, 0.1) is 4.91 Å². The molecule has 2 aliphatic rings. The summed E-state index contributed by atoms with van der Waals surface area (Å²) < 4.78 is 5.21. The highest BCUT2D eigenvalue weighted by Crippen LogP contribution is 2.30. The van der Waals surface area contributed by atoms with Crippen molar-refractivity contribution in [3.63, 3.8) is 0 Å². The van der Waals surface area contributed by atoms with E-state index in [0.717, 1.165) is 36.0 Å². The van der Waals surface area contributed by atoms with Gasteiger partial charge in [-0.1, -0.05) is 18.2 Å². The van der Waals surface area contributed by atoms with Gasteiger partial charge in [0.1, 0.15) is 5.60 Å². The van der Waals surface area contributed by atoms with Gasteiger partial charge in [-0.05, 0) is 69.5 Å². The lowest BCUT2D eigenvalue weighted by Gasteiger charge is -2.25. The number of rotatable bonds is 7. The number of alkyl carbamates (subject to hydrolysis) is 1. The Morgan fingerprint density at radius 1 is 1.11 bits per heavy atom. The Labute approximate surface area is 210 Å². The second kappa shape index (κ2) is 12.1. The molecule has 0 aromatic heterocycles. The van der Waals surface area contributed by atoms with E-state index in [0.29, 0.717) is 50.3 Å². The largest absolute Gasteiger partial charge is 0.444 e. The molecule has 0 spiro atoms. The standard InChI is InChI=1S/C25H34N4O5S/c1-25(2,3)34-23(32)26-12-7-6-11-21(30)29-14-8-13-28(15-16-29)19-10-5-4-9-18(19)17-20-22(31)27-24(33)35-20/h4-5,9-10,17H,6-8,11-16H2,1-3H3,(H,26,32)(H,27,31,33)/b20-17+. The van der Waals surface area contributed by atoms with Crippen LogP contribution < -0.4 is 15.5 Å². The third-order valence-corrected chi connectivity index (χ3v) is 6.35. The first-order valence-electron chi connectivity index (χ1n) is 12.0. The summed E-state index contributed by atoms with van der Waals surface area (Å²) in [5.41, 5.74) is 1.33. The molecular formula is C25H34N4O5S. The summed E-state index contributed by atoms with van der Waals surface area (Å²) in [5, 5.41) is 4.65. The molecule has 2 heterocycles. The van der Waals surface area contributed by atoms with Gasteiger partial charge in [0, 0.05) is 44.8 Å². The number of carbonyl (C=O) groups is 4. The maximum Gasteiger partial charge on any atom is 0.407 e. The molecule has 4 amide bonds. The quantitative estimate of drug-likeness (QED) is 0.432. The Balaban J connectivity index is 1.48. The SMILES string of the molecule is CC(C)(C)OC(=O)NCCCCC(=O)N1CCCN(c2ccccc2/C=C2/SC(=O)NC2=O)CC1. The molecule has 0 radical (unpaired) electrons. The normalized spacial score (nSPS) is 17.9. The van der Waals surface area contributed by atoms with E-state index in [1.807, 2.05) is 49.9 Å². The number of nitrogens with zero attached hydrogens (tertiary/aromatic N) is 2. The van der Waals surface area contributed by atoms with Gasteiger partial charge >= 0.3 is 6.09 Å². The minimum absolute atomic E-state index is 0.122. The van der Waals surface area contributed by atoms with Gasteiger partial charge in [0.2, 0.25) is 5.91 Å². The highest BCUT2D eigenvalue weighted by molar-refractivity contribution is 8.18. The molecule has 2 fully saturated rings. The molecular weight excluding hydrogens is 468 g/mol. The number of ether oxygens (including phenoxy) is 1. The average Bonchev–Trinajstić information content (AvgIpc) is 2.96. The van der Waals surface area contributed by atoms with Gasteiger partial charge in [-0.15, -0.1) is 0 Å². The van der Waals surface area contributed by atoms with Crippen LogP contribution in [0, 0.1) is 0 Å². The average molecular weight is 503 g/mol. The predicted octanol–water partition coefficient (Wildman–Crippen LogP) is 3.74. The van der Waals surface area contributed by atoms with Crippen molar-refractivity contribution in [2.75, 3.05) is 37.6 Å². The van der Waals surface area contributed by atoms with Crippen LogP contribution >= 0.6 is 11.8 Å². The maximum absolute atomic E-state index is 12.7. The van der Waals surface area contributed by atoms with Crippen molar-refractivity contribution in [2.45, 2.75) is 52.1 Å². The van der Waals surface area contributed by atoms with E-state index in [-0.39, 0.29) is 17.1 Å². The van der Waals surface area contributed by atoms with Crippen LogP contribution in [0.5, 0.6) is 0 Å². The fourth-order valence-electron chi connectivity index (χ4n) is 3.93. The van der Waals surface area contributed by atoms with Crippen LogP contribution in [0.1, 0.15) is 52.0 Å². The van der Waals surface area contributed by atoms with Crippen molar-refractivity contribution in [3.8, 4) is 0 Å². The molecule has 0 aliphatic carbocycles. The zero-order chi connectivity index (χ0) is 25.4. The first-order chi connectivity index (χ1) is 16.6. The summed E-state index contributed by atoms with van der Waals surface area (Å²) in [5.74, 6) is -0.249. The molecule has 35 heavy (non-hydrogen) atoms. The number of thioether (sulfide) groups is 1. The number of imide groups is 1. The molecule has 1 aromatic carbocycles. The Kier molecular flexibility index (Phi) is 9.20. The van der Waals surface area contributed by atoms with Crippen molar-refractivity contribution in [3.05, 3.63) is 34.7 Å². The lowest BCUT2D eigenvalue weighted by atomic mass is 10.1. The maximum atomic E-state index is 12.7. The van der Waals surface area contributed by atoms with E-state index in [9.17, 15) is 19.2 Å². The topological polar surface area (TPSA) is 108 Å². The second-order valence-electron chi connectivity index (χ2n) is 9.52. The Hall–Kier alpha value is -3.01. The Bertz CT molecular complexity index is 988. The summed E-state index contributed by atoms with van der Waals surface area (Å²) in [6.45, 7) is 8.72. The number of anilines is 1. The number of unbranched alkanes of at least 4 members (excludes halogenated alkanes) is 1. The molecule has 0 unspecified atom stereocenters. The van der Waals surface area contributed by atoms with Crippen molar-refractivity contribution >= 4 is 46.7 Å². The third kappa shape index (κ3) is 8.31. The van der Waals surface area contributed by atoms with Gasteiger partial charge in [0.25, 0.3) is 11.1 Å². The zero-order valence-electron chi connectivity index (χ0n) is 20.6. The first-order valence-corrected chi connectivity index (χ1v) is 12.8.